The summed E-state index contributed by atoms with van der Waals surface area (Å²) in [4.78, 5) is 0.229. The molecular weight excluding hydrogens is 452 g/mol. The Kier molecular flexibility index (Phi) is 5.32. The van der Waals surface area contributed by atoms with Crippen LogP contribution in [0.15, 0.2) is 69.8 Å². The van der Waals surface area contributed by atoms with E-state index >= 15 is 0 Å². The Balaban J connectivity index is 1.66. The molecule has 10 heteroatoms. The van der Waals surface area contributed by atoms with Crippen molar-refractivity contribution in [1.29, 1.82) is 0 Å². The van der Waals surface area contributed by atoms with Crippen molar-refractivity contribution in [1.82, 2.24) is 0 Å². The van der Waals surface area contributed by atoms with Gasteiger partial charge in [-0.25, -0.2) is 16.8 Å². The first-order chi connectivity index (χ1) is 13.8. The molecule has 6 nitrogen and oxygen atoms in total. The second-order valence-electron chi connectivity index (χ2n) is 6.50. The molecule has 1 aliphatic rings. The fourth-order valence-electron chi connectivity index (χ4n) is 3.24. The summed E-state index contributed by atoms with van der Waals surface area (Å²) in [6, 6.07) is 16.2. The number of hydrogen-bond acceptors (Lipinski definition) is 5. The van der Waals surface area contributed by atoms with Crippen molar-refractivity contribution in [3.8, 4) is 0 Å². The Morgan fingerprint density at radius 2 is 1.72 bits per heavy atom. The molecular formula is C19H17ClN2O4S3. The van der Waals surface area contributed by atoms with Gasteiger partial charge in [-0.1, -0.05) is 29.8 Å². The largest absolute Gasteiger partial charge is 0.279 e. The van der Waals surface area contributed by atoms with Crippen molar-refractivity contribution in [2.75, 3.05) is 15.6 Å². The SMILES string of the molecule is O=S(=O)(Nc1ccc2c(c1)CCCN2S(=O)(=O)c1ccccc1)c1ccc(Cl)s1. The number of nitrogens with one attached hydrogen (secondary N) is 1. The van der Waals surface area contributed by atoms with Gasteiger partial charge in [0.1, 0.15) is 4.21 Å². The van der Waals surface area contributed by atoms with Crippen LogP contribution in [0.5, 0.6) is 0 Å². The van der Waals surface area contributed by atoms with Crippen LogP contribution in [-0.2, 0) is 26.5 Å². The van der Waals surface area contributed by atoms with Gasteiger partial charge in [0.25, 0.3) is 20.0 Å². The maximum Gasteiger partial charge on any atom is 0.271 e. The van der Waals surface area contributed by atoms with E-state index in [2.05, 4.69) is 4.72 Å². The highest BCUT2D eigenvalue weighted by molar-refractivity contribution is 7.94. The second kappa shape index (κ2) is 7.64. The topological polar surface area (TPSA) is 83.6 Å². The molecule has 4 rings (SSSR count). The molecule has 0 aliphatic carbocycles. The van der Waals surface area contributed by atoms with Crippen molar-refractivity contribution in [3.05, 3.63) is 70.6 Å². The summed E-state index contributed by atoms with van der Waals surface area (Å²) in [5, 5.41) is 0. The number of halogens is 1. The predicted octanol–water partition coefficient (Wildman–Crippen LogP) is 4.34. The number of rotatable bonds is 5. The van der Waals surface area contributed by atoms with Crippen LogP contribution in [-0.4, -0.2) is 23.4 Å². The lowest BCUT2D eigenvalue weighted by Gasteiger charge is -2.30. The van der Waals surface area contributed by atoms with E-state index in [4.69, 9.17) is 11.6 Å². The molecule has 0 atom stereocenters. The number of fused-ring (bicyclic) bond motifs is 1. The Morgan fingerprint density at radius 1 is 0.966 bits per heavy atom. The summed E-state index contributed by atoms with van der Waals surface area (Å²) in [5.74, 6) is 0. The zero-order valence-electron chi connectivity index (χ0n) is 15.1. The minimum absolute atomic E-state index is 0.119. The first kappa shape index (κ1) is 20.2. The molecule has 3 aromatic rings. The van der Waals surface area contributed by atoms with Crippen molar-refractivity contribution in [2.24, 2.45) is 0 Å². The van der Waals surface area contributed by atoms with Crippen molar-refractivity contribution in [2.45, 2.75) is 21.9 Å². The molecule has 1 aromatic heterocycles. The van der Waals surface area contributed by atoms with Gasteiger partial charge in [-0.2, -0.15) is 0 Å². The summed E-state index contributed by atoms with van der Waals surface area (Å²) in [7, 11) is -7.43. The Bertz CT molecular complexity index is 1260. The Labute approximate surface area is 178 Å². The molecule has 0 saturated carbocycles. The van der Waals surface area contributed by atoms with Gasteiger partial charge in [0.05, 0.1) is 14.9 Å². The molecule has 0 fully saturated rings. The second-order valence-corrected chi connectivity index (χ2v) is 12.0. The maximum absolute atomic E-state index is 13.1. The van der Waals surface area contributed by atoms with Crippen LogP contribution in [0, 0.1) is 0 Å². The third-order valence-corrected chi connectivity index (χ3v) is 9.48. The number of sulfonamides is 2. The van der Waals surface area contributed by atoms with Crippen LogP contribution in [0.2, 0.25) is 4.34 Å². The minimum atomic E-state index is -3.75. The predicted molar refractivity (Wildman–Crippen MR) is 116 cm³/mol. The van der Waals surface area contributed by atoms with Gasteiger partial charge in [-0.05, 0) is 60.9 Å². The number of anilines is 2. The number of aryl methyl sites for hydroxylation is 1. The van der Waals surface area contributed by atoms with Crippen LogP contribution < -0.4 is 9.03 Å². The van der Waals surface area contributed by atoms with Gasteiger partial charge < -0.3 is 0 Å². The highest BCUT2D eigenvalue weighted by atomic mass is 35.5. The van der Waals surface area contributed by atoms with E-state index in [-0.39, 0.29) is 9.10 Å². The minimum Gasteiger partial charge on any atom is -0.279 e. The molecule has 2 heterocycles. The van der Waals surface area contributed by atoms with Crippen LogP contribution >= 0.6 is 22.9 Å². The highest BCUT2D eigenvalue weighted by Gasteiger charge is 2.29. The molecule has 0 radical (unpaired) electrons. The van der Waals surface area contributed by atoms with E-state index in [0.717, 1.165) is 16.9 Å². The number of thiophene rings is 1. The monoisotopic (exact) mass is 468 g/mol. The number of hydrogen-bond donors (Lipinski definition) is 1. The third kappa shape index (κ3) is 4.00. The summed E-state index contributed by atoms with van der Waals surface area (Å²) in [6.45, 7) is 0.378. The molecule has 0 unspecified atom stereocenters. The van der Waals surface area contributed by atoms with Crippen LogP contribution in [0.1, 0.15) is 12.0 Å². The van der Waals surface area contributed by atoms with Crippen LogP contribution in [0.4, 0.5) is 11.4 Å². The highest BCUT2D eigenvalue weighted by Crippen LogP contribution is 2.35. The van der Waals surface area contributed by atoms with E-state index in [9.17, 15) is 16.8 Å². The molecule has 1 aliphatic heterocycles. The number of nitrogens with zero attached hydrogens (tertiary/aromatic N) is 1. The molecule has 0 saturated heterocycles. The zero-order valence-corrected chi connectivity index (χ0v) is 18.3. The maximum atomic E-state index is 13.1. The molecule has 29 heavy (non-hydrogen) atoms. The standard InChI is InChI=1S/C19H17ClN2O4S3/c20-18-10-11-19(27-18)28(23,24)21-15-8-9-17-14(13-15)5-4-12-22(17)29(25,26)16-6-2-1-3-7-16/h1-3,6-11,13,21H,4-5,12H2. The van der Waals surface area contributed by atoms with E-state index in [0.29, 0.717) is 35.1 Å². The van der Waals surface area contributed by atoms with Crippen molar-refractivity contribution >= 4 is 54.4 Å². The van der Waals surface area contributed by atoms with Gasteiger partial charge >= 0.3 is 0 Å². The molecule has 0 amide bonds. The average molecular weight is 469 g/mol. The van der Waals surface area contributed by atoms with Gasteiger partial charge in [-0.15, -0.1) is 11.3 Å². The van der Waals surface area contributed by atoms with Gasteiger partial charge in [0.15, 0.2) is 0 Å². The van der Waals surface area contributed by atoms with E-state index < -0.39 is 20.0 Å². The van der Waals surface area contributed by atoms with Crippen LogP contribution in [0.3, 0.4) is 0 Å². The van der Waals surface area contributed by atoms with Crippen LogP contribution in [0.25, 0.3) is 0 Å². The lowest BCUT2D eigenvalue weighted by atomic mass is 10.0. The summed E-state index contributed by atoms with van der Waals surface area (Å²) in [6.07, 6.45) is 1.31. The fourth-order valence-corrected chi connectivity index (χ4v) is 7.34. The molecule has 2 aromatic carbocycles. The first-order valence-corrected chi connectivity index (χ1v) is 12.9. The van der Waals surface area contributed by atoms with E-state index in [1.807, 2.05) is 0 Å². The van der Waals surface area contributed by atoms with Crippen molar-refractivity contribution in [3.63, 3.8) is 0 Å². The molecule has 0 spiro atoms. The smallest absolute Gasteiger partial charge is 0.271 e. The lowest BCUT2D eigenvalue weighted by molar-refractivity contribution is 0.586. The average Bonchev–Trinajstić information content (AvgIpc) is 3.15. The summed E-state index contributed by atoms with van der Waals surface area (Å²) in [5.41, 5.74) is 1.73. The van der Waals surface area contributed by atoms with Gasteiger partial charge in [0, 0.05) is 12.2 Å². The van der Waals surface area contributed by atoms with Crippen molar-refractivity contribution < 1.29 is 16.8 Å². The first-order valence-electron chi connectivity index (χ1n) is 8.76. The summed E-state index contributed by atoms with van der Waals surface area (Å²) >= 11 is 6.81. The quantitative estimate of drug-likeness (QED) is 0.603. The fraction of sp³-hybridized carbons (Fsp3) is 0.158. The van der Waals surface area contributed by atoms with E-state index in [1.54, 1.807) is 48.5 Å². The van der Waals surface area contributed by atoms with Gasteiger partial charge in [-0.3, -0.25) is 9.03 Å². The number of benzene rings is 2. The van der Waals surface area contributed by atoms with E-state index in [1.165, 1.54) is 16.4 Å². The normalized spacial score (nSPS) is 14.4. The molecule has 152 valence electrons. The lowest BCUT2D eigenvalue weighted by Crippen LogP contribution is -2.35. The summed E-state index contributed by atoms with van der Waals surface area (Å²) < 4.78 is 55.6. The third-order valence-electron chi connectivity index (χ3n) is 4.55. The molecule has 0 bridgehead atoms. The molecule has 1 N–H and O–H groups in total. The Hall–Kier alpha value is -2.07. The Morgan fingerprint density at radius 3 is 2.41 bits per heavy atom. The van der Waals surface area contributed by atoms with Gasteiger partial charge in [0.2, 0.25) is 0 Å². The zero-order chi connectivity index (χ0) is 20.6.